The smallest absolute Gasteiger partial charge is 0.346 e. The van der Waals surface area contributed by atoms with Crippen molar-refractivity contribution in [2.75, 3.05) is 6.61 Å². The Morgan fingerprint density at radius 1 is 1.42 bits per heavy atom. The first kappa shape index (κ1) is 16.0. The number of hydrogen-bond acceptors (Lipinski definition) is 5. The maximum atomic E-state index is 11.9. The fraction of sp³-hybridized carbons (Fsp3) is 0.235. The van der Waals surface area contributed by atoms with Gasteiger partial charge >= 0.3 is 12.9 Å². The maximum Gasteiger partial charge on any atom is 0.346 e. The van der Waals surface area contributed by atoms with Crippen LogP contribution in [0.5, 0.6) is 11.6 Å². The molecular formula is C17H15BN2O4. The minimum absolute atomic E-state index is 0.0394. The van der Waals surface area contributed by atoms with Crippen molar-refractivity contribution in [2.24, 2.45) is 0 Å². The summed E-state index contributed by atoms with van der Waals surface area (Å²) in [6.45, 7) is 11.7. The molecule has 1 aliphatic heterocycles. The van der Waals surface area contributed by atoms with Gasteiger partial charge < -0.3 is 14.1 Å². The van der Waals surface area contributed by atoms with Crippen LogP contribution in [0.25, 0.3) is 4.85 Å². The standard InChI is InChI=1S/C17H15BN2O4/c1-4-22-17(21)16-14(19-3)7-8-15(20-16)24-12-5-6-13-11(9-12)10-23-18(13)2/h5-9H,4,10H2,1-2H3. The van der Waals surface area contributed by atoms with Crippen LogP contribution in [0.2, 0.25) is 6.82 Å². The van der Waals surface area contributed by atoms with E-state index in [0.29, 0.717) is 12.4 Å². The van der Waals surface area contributed by atoms with E-state index in [4.69, 9.17) is 20.7 Å². The van der Waals surface area contributed by atoms with Crippen LogP contribution in [0.4, 0.5) is 5.69 Å². The molecule has 0 fully saturated rings. The largest absolute Gasteiger partial charge is 0.462 e. The van der Waals surface area contributed by atoms with Crippen molar-refractivity contribution in [1.29, 1.82) is 0 Å². The molecular weight excluding hydrogens is 307 g/mol. The summed E-state index contributed by atoms with van der Waals surface area (Å²) < 4.78 is 16.2. The van der Waals surface area contributed by atoms with Crippen molar-refractivity contribution in [3.63, 3.8) is 0 Å². The van der Waals surface area contributed by atoms with E-state index in [2.05, 4.69) is 9.83 Å². The van der Waals surface area contributed by atoms with Crippen LogP contribution in [0.3, 0.4) is 0 Å². The number of hydrogen-bond donors (Lipinski definition) is 0. The van der Waals surface area contributed by atoms with E-state index < -0.39 is 5.97 Å². The van der Waals surface area contributed by atoms with Gasteiger partial charge in [0.25, 0.3) is 0 Å². The summed E-state index contributed by atoms with van der Waals surface area (Å²) in [6.07, 6.45) is 0. The number of esters is 1. The summed E-state index contributed by atoms with van der Waals surface area (Å²) >= 11 is 0. The average molecular weight is 322 g/mol. The number of aromatic nitrogens is 1. The topological polar surface area (TPSA) is 62.0 Å². The summed E-state index contributed by atoms with van der Waals surface area (Å²) in [4.78, 5) is 19.3. The van der Waals surface area contributed by atoms with E-state index in [1.807, 2.05) is 25.0 Å². The Morgan fingerprint density at radius 3 is 3.00 bits per heavy atom. The fourth-order valence-electron chi connectivity index (χ4n) is 2.52. The molecule has 2 aromatic rings. The SMILES string of the molecule is [C-]#[N+]c1ccc(Oc2ccc3c(c2)COB3C)nc1C(=O)OCC. The van der Waals surface area contributed by atoms with E-state index in [-0.39, 0.29) is 30.8 Å². The van der Waals surface area contributed by atoms with Gasteiger partial charge in [-0.05, 0) is 42.2 Å². The van der Waals surface area contributed by atoms with E-state index >= 15 is 0 Å². The number of fused-ring (bicyclic) bond motifs is 1. The lowest BCUT2D eigenvalue weighted by molar-refractivity contribution is 0.0520. The highest BCUT2D eigenvalue weighted by Gasteiger charge is 2.23. The molecule has 0 bridgehead atoms. The lowest BCUT2D eigenvalue weighted by atomic mass is 9.64. The summed E-state index contributed by atoms with van der Waals surface area (Å²) in [5, 5.41) is 0. The Bertz CT molecular complexity index is 832. The van der Waals surface area contributed by atoms with Crippen LogP contribution >= 0.6 is 0 Å². The third-order valence-electron chi connectivity index (χ3n) is 3.70. The second kappa shape index (κ2) is 6.73. The number of pyridine rings is 1. The maximum absolute atomic E-state index is 11.9. The van der Waals surface area contributed by atoms with Crippen molar-refractivity contribution in [3.8, 4) is 11.6 Å². The van der Waals surface area contributed by atoms with Crippen LogP contribution < -0.4 is 10.2 Å². The molecule has 0 unspecified atom stereocenters. The molecule has 6 nitrogen and oxygen atoms in total. The van der Waals surface area contributed by atoms with Crippen molar-refractivity contribution >= 4 is 24.0 Å². The molecule has 1 aromatic carbocycles. The number of rotatable bonds is 4. The summed E-state index contributed by atoms with van der Waals surface area (Å²) in [5.41, 5.74) is 2.31. The molecule has 0 saturated heterocycles. The average Bonchev–Trinajstić information content (AvgIpc) is 2.95. The number of carbonyl (C=O) groups excluding carboxylic acids is 1. The molecule has 0 amide bonds. The minimum atomic E-state index is -0.634. The highest BCUT2D eigenvalue weighted by atomic mass is 16.5. The van der Waals surface area contributed by atoms with Crippen LogP contribution in [0, 0.1) is 6.57 Å². The fourth-order valence-corrected chi connectivity index (χ4v) is 2.52. The molecule has 3 rings (SSSR count). The first-order chi connectivity index (χ1) is 11.6. The van der Waals surface area contributed by atoms with E-state index in [1.165, 1.54) is 6.07 Å². The molecule has 0 N–H and O–H groups in total. The molecule has 24 heavy (non-hydrogen) atoms. The van der Waals surface area contributed by atoms with Crippen molar-refractivity contribution < 1.29 is 18.9 Å². The normalized spacial score (nSPS) is 12.5. The summed E-state index contributed by atoms with van der Waals surface area (Å²) in [6, 6.07) is 8.75. The van der Waals surface area contributed by atoms with Crippen LogP contribution in [0.15, 0.2) is 30.3 Å². The molecule has 120 valence electrons. The Balaban J connectivity index is 1.87. The highest BCUT2D eigenvalue weighted by molar-refractivity contribution is 6.67. The predicted molar refractivity (Wildman–Crippen MR) is 89.0 cm³/mol. The number of benzene rings is 1. The predicted octanol–water partition coefficient (Wildman–Crippen LogP) is 2.96. The first-order valence-electron chi connectivity index (χ1n) is 7.60. The molecule has 7 heteroatoms. The lowest BCUT2D eigenvalue weighted by Gasteiger charge is -2.09. The first-order valence-corrected chi connectivity index (χ1v) is 7.60. The Kier molecular flexibility index (Phi) is 4.49. The van der Waals surface area contributed by atoms with Gasteiger partial charge in [0.1, 0.15) is 5.75 Å². The Morgan fingerprint density at radius 2 is 2.25 bits per heavy atom. The van der Waals surface area contributed by atoms with Crippen molar-refractivity contribution in [1.82, 2.24) is 4.98 Å². The van der Waals surface area contributed by atoms with Crippen molar-refractivity contribution in [3.05, 3.63) is 53.0 Å². The monoisotopic (exact) mass is 322 g/mol. The van der Waals surface area contributed by atoms with Gasteiger partial charge in [-0.2, -0.15) is 0 Å². The van der Waals surface area contributed by atoms with Crippen LogP contribution in [-0.2, 0) is 16.0 Å². The van der Waals surface area contributed by atoms with E-state index in [0.717, 1.165) is 11.0 Å². The van der Waals surface area contributed by atoms with Crippen molar-refractivity contribution in [2.45, 2.75) is 20.4 Å². The molecule has 0 saturated carbocycles. The molecule has 1 aromatic heterocycles. The van der Waals surface area contributed by atoms with Gasteiger partial charge in [0.15, 0.2) is 5.69 Å². The number of nitrogens with zero attached hydrogens (tertiary/aromatic N) is 2. The molecule has 1 aliphatic rings. The van der Waals surface area contributed by atoms with Crippen LogP contribution in [-0.4, -0.2) is 24.5 Å². The third kappa shape index (κ3) is 3.10. The zero-order valence-electron chi connectivity index (χ0n) is 13.4. The molecule has 0 atom stereocenters. The second-order valence-electron chi connectivity index (χ2n) is 5.27. The lowest BCUT2D eigenvalue weighted by Crippen LogP contribution is -2.23. The quantitative estimate of drug-likeness (QED) is 0.492. The molecule has 0 aliphatic carbocycles. The zero-order chi connectivity index (χ0) is 17.1. The minimum Gasteiger partial charge on any atom is -0.462 e. The van der Waals surface area contributed by atoms with Gasteiger partial charge in [0.2, 0.25) is 11.6 Å². The van der Waals surface area contributed by atoms with Crippen LogP contribution in [0.1, 0.15) is 23.0 Å². The van der Waals surface area contributed by atoms with Gasteiger partial charge in [-0.1, -0.05) is 12.9 Å². The number of ether oxygens (including phenoxy) is 2. The Labute approximate surface area is 140 Å². The number of carbonyl (C=O) groups is 1. The molecule has 2 heterocycles. The van der Waals surface area contributed by atoms with Gasteiger partial charge in [-0.3, -0.25) is 0 Å². The third-order valence-corrected chi connectivity index (χ3v) is 3.70. The van der Waals surface area contributed by atoms with Gasteiger partial charge in [-0.25, -0.2) is 14.6 Å². The molecule has 0 spiro atoms. The van der Waals surface area contributed by atoms with Gasteiger partial charge in [0, 0.05) is 0 Å². The van der Waals surface area contributed by atoms with Gasteiger partial charge in [-0.15, -0.1) is 0 Å². The second-order valence-corrected chi connectivity index (χ2v) is 5.27. The summed E-state index contributed by atoms with van der Waals surface area (Å²) in [7, 11) is 0. The highest BCUT2D eigenvalue weighted by Crippen LogP contribution is 2.26. The zero-order valence-corrected chi connectivity index (χ0v) is 13.4. The van der Waals surface area contributed by atoms with E-state index in [1.54, 1.807) is 13.0 Å². The Hall–Kier alpha value is -2.85. The van der Waals surface area contributed by atoms with Gasteiger partial charge in [0.05, 0.1) is 19.8 Å². The molecule has 0 radical (unpaired) electrons. The van der Waals surface area contributed by atoms with E-state index in [9.17, 15) is 4.79 Å². The summed E-state index contributed by atoms with van der Waals surface area (Å²) in [5.74, 6) is 0.201.